The van der Waals surface area contributed by atoms with Crippen LogP contribution in [0.1, 0.15) is 24.6 Å². The number of rotatable bonds is 3. The fraction of sp³-hybridized carbons (Fsp3) is 0.308. The molecular weight excluding hydrogens is 184 g/mol. The minimum atomic E-state index is 0.507. The molecule has 2 N–H and O–H groups in total. The molecule has 1 aromatic heterocycles. The summed E-state index contributed by atoms with van der Waals surface area (Å²) in [5.74, 6) is 0. The summed E-state index contributed by atoms with van der Waals surface area (Å²) in [6.07, 6.45) is 4.23. The van der Waals surface area contributed by atoms with Crippen LogP contribution in [-0.2, 0) is 13.0 Å². The lowest BCUT2D eigenvalue weighted by molar-refractivity contribution is 0.923. The van der Waals surface area contributed by atoms with Gasteiger partial charge in [0.2, 0.25) is 0 Å². The molecule has 0 saturated carbocycles. The van der Waals surface area contributed by atoms with Crippen molar-refractivity contribution < 1.29 is 0 Å². The van der Waals surface area contributed by atoms with Crippen LogP contribution in [0.5, 0.6) is 0 Å². The SMILES string of the molecule is CCCc1ccc2cc(CN)ncc2c1. The quantitative estimate of drug-likeness (QED) is 0.827. The van der Waals surface area contributed by atoms with Crippen molar-refractivity contribution in [3.05, 3.63) is 41.7 Å². The normalized spacial score (nSPS) is 10.8. The van der Waals surface area contributed by atoms with Crippen molar-refractivity contribution in [2.45, 2.75) is 26.3 Å². The second-order valence-electron chi connectivity index (χ2n) is 3.81. The first-order valence-electron chi connectivity index (χ1n) is 5.41. The molecule has 0 aliphatic heterocycles. The lowest BCUT2D eigenvalue weighted by atomic mass is 10.1. The topological polar surface area (TPSA) is 38.9 Å². The Morgan fingerprint density at radius 3 is 2.80 bits per heavy atom. The molecule has 0 atom stereocenters. The second-order valence-corrected chi connectivity index (χ2v) is 3.81. The van der Waals surface area contributed by atoms with Crippen molar-refractivity contribution in [3.8, 4) is 0 Å². The van der Waals surface area contributed by atoms with Gasteiger partial charge in [0.15, 0.2) is 0 Å². The van der Waals surface area contributed by atoms with E-state index >= 15 is 0 Å². The maximum Gasteiger partial charge on any atom is 0.0545 e. The molecule has 0 fully saturated rings. The Bertz CT molecular complexity index is 463. The van der Waals surface area contributed by atoms with Crippen LogP contribution in [0.4, 0.5) is 0 Å². The molecule has 0 unspecified atom stereocenters. The molecule has 15 heavy (non-hydrogen) atoms. The van der Waals surface area contributed by atoms with E-state index in [2.05, 4.69) is 36.2 Å². The van der Waals surface area contributed by atoms with E-state index in [1.165, 1.54) is 22.8 Å². The Morgan fingerprint density at radius 2 is 2.07 bits per heavy atom. The Hall–Kier alpha value is -1.41. The second kappa shape index (κ2) is 4.41. The number of aryl methyl sites for hydroxylation is 1. The van der Waals surface area contributed by atoms with E-state index in [-0.39, 0.29) is 0 Å². The average Bonchev–Trinajstić information content (AvgIpc) is 2.29. The van der Waals surface area contributed by atoms with Gasteiger partial charge in [0, 0.05) is 18.1 Å². The third kappa shape index (κ3) is 2.16. The summed E-state index contributed by atoms with van der Waals surface area (Å²) in [4.78, 5) is 4.30. The Balaban J connectivity index is 2.45. The van der Waals surface area contributed by atoms with Gasteiger partial charge in [-0.15, -0.1) is 0 Å². The van der Waals surface area contributed by atoms with Crippen LogP contribution in [0.25, 0.3) is 10.8 Å². The van der Waals surface area contributed by atoms with Crippen molar-refractivity contribution >= 4 is 10.8 Å². The molecule has 0 saturated heterocycles. The Morgan fingerprint density at radius 1 is 1.20 bits per heavy atom. The summed E-state index contributed by atoms with van der Waals surface area (Å²) in [5.41, 5.74) is 7.89. The van der Waals surface area contributed by atoms with E-state index in [0.29, 0.717) is 6.54 Å². The number of nitrogens with two attached hydrogens (primary N) is 1. The highest BCUT2D eigenvalue weighted by molar-refractivity contribution is 5.82. The average molecular weight is 200 g/mol. The number of fused-ring (bicyclic) bond motifs is 1. The lowest BCUT2D eigenvalue weighted by Gasteiger charge is -2.03. The molecule has 2 heteroatoms. The van der Waals surface area contributed by atoms with Crippen LogP contribution in [-0.4, -0.2) is 4.98 Å². The number of aromatic nitrogens is 1. The first-order valence-corrected chi connectivity index (χ1v) is 5.41. The highest BCUT2D eigenvalue weighted by Crippen LogP contribution is 2.17. The molecular formula is C13H16N2. The van der Waals surface area contributed by atoms with E-state index < -0.39 is 0 Å². The fourth-order valence-electron chi connectivity index (χ4n) is 1.79. The van der Waals surface area contributed by atoms with Crippen LogP contribution in [0.2, 0.25) is 0 Å². The van der Waals surface area contributed by atoms with Crippen molar-refractivity contribution in [2.75, 3.05) is 0 Å². The zero-order valence-electron chi connectivity index (χ0n) is 9.03. The molecule has 1 aromatic carbocycles. The smallest absolute Gasteiger partial charge is 0.0545 e. The van der Waals surface area contributed by atoms with Crippen molar-refractivity contribution in [1.29, 1.82) is 0 Å². The summed E-state index contributed by atoms with van der Waals surface area (Å²) < 4.78 is 0. The predicted octanol–water partition coefficient (Wildman–Crippen LogP) is 2.65. The Kier molecular flexibility index (Phi) is 2.97. The van der Waals surface area contributed by atoms with E-state index in [1.54, 1.807) is 0 Å². The summed E-state index contributed by atoms with van der Waals surface area (Å²) in [5, 5.41) is 2.43. The number of hydrogen-bond acceptors (Lipinski definition) is 2. The molecule has 2 aromatic rings. The van der Waals surface area contributed by atoms with Gasteiger partial charge in [0.1, 0.15) is 0 Å². The number of benzene rings is 1. The zero-order chi connectivity index (χ0) is 10.7. The monoisotopic (exact) mass is 200 g/mol. The van der Waals surface area contributed by atoms with E-state index in [1.807, 2.05) is 6.20 Å². The summed E-state index contributed by atoms with van der Waals surface area (Å²) >= 11 is 0. The molecule has 0 amide bonds. The minimum absolute atomic E-state index is 0.507. The first-order chi connectivity index (χ1) is 7.33. The van der Waals surface area contributed by atoms with Gasteiger partial charge in [0.25, 0.3) is 0 Å². The van der Waals surface area contributed by atoms with Crippen molar-refractivity contribution in [1.82, 2.24) is 4.98 Å². The van der Waals surface area contributed by atoms with E-state index in [4.69, 9.17) is 5.73 Å². The number of nitrogens with zero attached hydrogens (tertiary/aromatic N) is 1. The van der Waals surface area contributed by atoms with Crippen LogP contribution in [0.15, 0.2) is 30.5 Å². The molecule has 0 aliphatic carbocycles. The van der Waals surface area contributed by atoms with Gasteiger partial charge in [-0.25, -0.2) is 0 Å². The largest absolute Gasteiger partial charge is 0.325 e. The molecule has 78 valence electrons. The third-order valence-corrected chi connectivity index (χ3v) is 2.59. The van der Waals surface area contributed by atoms with Crippen molar-refractivity contribution in [2.24, 2.45) is 5.73 Å². The van der Waals surface area contributed by atoms with Gasteiger partial charge in [-0.2, -0.15) is 0 Å². The van der Waals surface area contributed by atoms with Crippen LogP contribution in [0, 0.1) is 0 Å². The van der Waals surface area contributed by atoms with Crippen LogP contribution in [0.3, 0.4) is 0 Å². The maximum absolute atomic E-state index is 5.56. The van der Waals surface area contributed by atoms with Gasteiger partial charge in [-0.1, -0.05) is 25.5 Å². The fourth-order valence-corrected chi connectivity index (χ4v) is 1.79. The summed E-state index contributed by atoms with van der Waals surface area (Å²) in [7, 11) is 0. The van der Waals surface area contributed by atoms with E-state index in [9.17, 15) is 0 Å². The lowest BCUT2D eigenvalue weighted by Crippen LogP contribution is -1.98. The van der Waals surface area contributed by atoms with Gasteiger partial charge in [0.05, 0.1) is 5.69 Å². The molecule has 0 bridgehead atoms. The summed E-state index contributed by atoms with van der Waals surface area (Å²) in [6, 6.07) is 8.62. The molecule has 0 spiro atoms. The standard InChI is InChI=1S/C13H16N2/c1-2-3-10-4-5-11-7-13(8-14)15-9-12(11)6-10/h4-7,9H,2-3,8,14H2,1H3. The molecule has 0 aliphatic rings. The maximum atomic E-state index is 5.56. The molecule has 2 nitrogen and oxygen atoms in total. The summed E-state index contributed by atoms with van der Waals surface area (Å²) in [6.45, 7) is 2.70. The van der Waals surface area contributed by atoms with E-state index in [0.717, 1.165) is 12.1 Å². The van der Waals surface area contributed by atoms with Gasteiger partial charge < -0.3 is 5.73 Å². The van der Waals surface area contributed by atoms with Gasteiger partial charge in [-0.3, -0.25) is 4.98 Å². The Labute approximate surface area is 90.1 Å². The van der Waals surface area contributed by atoms with Gasteiger partial charge >= 0.3 is 0 Å². The van der Waals surface area contributed by atoms with Crippen LogP contribution >= 0.6 is 0 Å². The highest BCUT2D eigenvalue weighted by Gasteiger charge is 1.98. The zero-order valence-corrected chi connectivity index (χ0v) is 9.03. The molecule has 1 heterocycles. The number of pyridine rings is 1. The molecule has 0 radical (unpaired) electrons. The highest BCUT2D eigenvalue weighted by atomic mass is 14.7. The van der Waals surface area contributed by atoms with Crippen molar-refractivity contribution in [3.63, 3.8) is 0 Å². The first kappa shape index (κ1) is 10.1. The van der Waals surface area contributed by atoms with Crippen LogP contribution < -0.4 is 5.73 Å². The molecule has 2 rings (SSSR count). The predicted molar refractivity (Wildman–Crippen MR) is 63.6 cm³/mol. The minimum Gasteiger partial charge on any atom is -0.325 e. The number of hydrogen-bond donors (Lipinski definition) is 1. The van der Waals surface area contributed by atoms with Gasteiger partial charge in [-0.05, 0) is 29.5 Å². The third-order valence-electron chi connectivity index (χ3n) is 2.59.